The number of hydrogen-bond donors (Lipinski definition) is 2. The van der Waals surface area contributed by atoms with Crippen molar-refractivity contribution in [3.8, 4) is 11.3 Å². The average molecular weight is 468 g/mol. The van der Waals surface area contributed by atoms with E-state index in [4.69, 9.17) is 16.3 Å². The second-order valence-corrected chi connectivity index (χ2v) is 8.03. The fraction of sp³-hybridized carbons (Fsp3) is 0.217. The van der Waals surface area contributed by atoms with Crippen molar-refractivity contribution in [3.63, 3.8) is 0 Å². The monoisotopic (exact) mass is 467 g/mol. The van der Waals surface area contributed by atoms with E-state index in [1.807, 2.05) is 18.2 Å². The van der Waals surface area contributed by atoms with Crippen LogP contribution >= 0.6 is 11.6 Å². The molecular formula is C23H19ClFN5O3. The maximum Gasteiger partial charge on any atom is 0.264 e. The topological polar surface area (TPSA) is 104 Å². The first kappa shape index (κ1) is 21.4. The molecule has 5 rings (SSSR count). The number of nitrogens with one attached hydrogen (secondary N) is 1. The summed E-state index contributed by atoms with van der Waals surface area (Å²) in [5.41, 5.74) is 2.24. The first-order valence-electron chi connectivity index (χ1n) is 10.3. The Morgan fingerprint density at radius 1 is 1.12 bits per heavy atom. The number of halogens is 2. The lowest BCUT2D eigenvalue weighted by molar-refractivity contribution is 0.122. The number of H-pyrrole nitrogens is 1. The first-order valence-corrected chi connectivity index (χ1v) is 10.7. The van der Waals surface area contributed by atoms with Gasteiger partial charge < -0.3 is 14.7 Å². The van der Waals surface area contributed by atoms with Crippen molar-refractivity contribution < 1.29 is 14.2 Å². The lowest BCUT2D eigenvalue weighted by atomic mass is 9.99. The summed E-state index contributed by atoms with van der Waals surface area (Å²) >= 11 is 6.24. The molecule has 0 spiro atoms. The van der Waals surface area contributed by atoms with Gasteiger partial charge in [-0.3, -0.25) is 4.79 Å². The van der Waals surface area contributed by atoms with Crippen LogP contribution in [0.1, 0.15) is 17.4 Å². The third-order valence-corrected chi connectivity index (χ3v) is 5.94. The van der Waals surface area contributed by atoms with Gasteiger partial charge in [-0.15, -0.1) is 0 Å². The highest BCUT2D eigenvalue weighted by atomic mass is 35.5. The third kappa shape index (κ3) is 4.18. The molecule has 3 heterocycles. The summed E-state index contributed by atoms with van der Waals surface area (Å²) < 4.78 is 20.4. The van der Waals surface area contributed by atoms with Crippen molar-refractivity contribution in [1.29, 1.82) is 0 Å². The van der Waals surface area contributed by atoms with E-state index in [-0.39, 0.29) is 21.8 Å². The van der Waals surface area contributed by atoms with Crippen LogP contribution in [0.25, 0.3) is 22.2 Å². The highest BCUT2D eigenvalue weighted by Gasteiger charge is 2.21. The lowest BCUT2D eigenvalue weighted by Crippen LogP contribution is -2.36. The molecule has 1 fully saturated rings. The van der Waals surface area contributed by atoms with Gasteiger partial charge in [0.05, 0.1) is 30.1 Å². The summed E-state index contributed by atoms with van der Waals surface area (Å²) in [4.78, 5) is 22.2. The Balaban J connectivity index is 1.58. The van der Waals surface area contributed by atoms with E-state index < -0.39 is 17.5 Å². The van der Waals surface area contributed by atoms with Crippen LogP contribution in [0.15, 0.2) is 53.6 Å². The molecule has 0 aliphatic carbocycles. The summed E-state index contributed by atoms with van der Waals surface area (Å²) in [6.07, 6.45) is 0.115. The molecule has 1 atom stereocenters. The highest BCUT2D eigenvalue weighted by molar-refractivity contribution is 6.31. The zero-order valence-corrected chi connectivity index (χ0v) is 18.1. The number of aliphatic hydroxyl groups is 1. The summed E-state index contributed by atoms with van der Waals surface area (Å²) in [6.45, 7) is 2.90. The Hall–Kier alpha value is -3.40. The molecule has 8 nitrogen and oxygen atoms in total. The molecule has 1 saturated heterocycles. The Bertz CT molecular complexity index is 1370. The predicted octanol–water partition coefficient (Wildman–Crippen LogP) is 3.09. The summed E-state index contributed by atoms with van der Waals surface area (Å²) in [6, 6.07) is 11.0. The van der Waals surface area contributed by atoms with Crippen LogP contribution < -0.4 is 10.5 Å². The second-order valence-electron chi connectivity index (χ2n) is 7.63. The van der Waals surface area contributed by atoms with E-state index in [9.17, 15) is 9.90 Å². The third-order valence-electron chi connectivity index (χ3n) is 5.61. The first-order chi connectivity index (χ1) is 16.0. The Morgan fingerprint density at radius 2 is 1.94 bits per heavy atom. The Morgan fingerprint density at radius 3 is 2.70 bits per heavy atom. The highest BCUT2D eigenvalue weighted by Crippen LogP contribution is 2.36. The number of aromatic amines is 1. The maximum absolute atomic E-state index is 15.0. The van der Waals surface area contributed by atoms with Gasteiger partial charge in [-0.1, -0.05) is 11.6 Å². The fourth-order valence-corrected chi connectivity index (χ4v) is 4.16. The van der Waals surface area contributed by atoms with E-state index in [0.717, 1.165) is 24.8 Å². The van der Waals surface area contributed by atoms with Crippen LogP contribution in [0, 0.1) is 5.82 Å². The van der Waals surface area contributed by atoms with Crippen molar-refractivity contribution in [2.45, 2.75) is 6.10 Å². The number of fused-ring (bicyclic) bond motifs is 1. The van der Waals surface area contributed by atoms with Crippen molar-refractivity contribution in [2.24, 2.45) is 0 Å². The molecule has 1 unspecified atom stereocenters. The predicted molar refractivity (Wildman–Crippen MR) is 122 cm³/mol. The fourth-order valence-electron chi connectivity index (χ4n) is 3.90. The molecule has 0 radical (unpaired) electrons. The van der Waals surface area contributed by atoms with Gasteiger partial charge in [-0.25, -0.2) is 19.5 Å². The molecule has 33 heavy (non-hydrogen) atoms. The number of morpholine rings is 1. The minimum atomic E-state index is -1.27. The Labute approximate surface area is 192 Å². The molecule has 10 heteroatoms. The van der Waals surface area contributed by atoms with Gasteiger partial charge >= 0.3 is 0 Å². The normalized spacial score (nSPS) is 15.1. The number of hydrogen-bond acceptors (Lipinski definition) is 7. The van der Waals surface area contributed by atoms with Gasteiger partial charge in [0, 0.05) is 46.4 Å². The summed E-state index contributed by atoms with van der Waals surface area (Å²) in [5.74, 6) is -0.581. The largest absolute Gasteiger partial charge is 0.382 e. The van der Waals surface area contributed by atoms with Crippen LogP contribution in [0.3, 0.4) is 0 Å². The van der Waals surface area contributed by atoms with Crippen molar-refractivity contribution in [1.82, 2.24) is 20.2 Å². The SMILES string of the molecule is O=c1ccc(C(O)c2cc(-c3ncnc4cc(N5CCOCC5)ccc34)c(F)cc2Cl)n[nH]1. The molecule has 1 aliphatic rings. The van der Waals surface area contributed by atoms with Crippen LogP contribution in [0.4, 0.5) is 10.1 Å². The van der Waals surface area contributed by atoms with E-state index in [1.54, 1.807) is 0 Å². The summed E-state index contributed by atoms with van der Waals surface area (Å²) in [5, 5.41) is 17.6. The lowest BCUT2D eigenvalue weighted by Gasteiger charge is -2.29. The average Bonchev–Trinajstić information content (AvgIpc) is 2.84. The standard InChI is InChI=1S/C23H19ClFN5O3/c24-17-11-18(25)16(10-15(17)23(32)19-3-4-21(31)29-28-19)22-14-2-1-13(9-20(14)26-12-27-22)30-5-7-33-8-6-30/h1-4,9-12,23,32H,5-8H2,(H,29,31). The molecule has 0 bridgehead atoms. The minimum absolute atomic E-state index is 0.0321. The van der Waals surface area contributed by atoms with E-state index in [1.165, 1.54) is 24.5 Å². The second kappa shape index (κ2) is 8.86. The van der Waals surface area contributed by atoms with Gasteiger partial charge in [0.1, 0.15) is 18.2 Å². The molecule has 4 aromatic rings. The van der Waals surface area contributed by atoms with Crippen molar-refractivity contribution in [3.05, 3.63) is 81.2 Å². The molecule has 2 aromatic carbocycles. The zero-order valence-electron chi connectivity index (χ0n) is 17.3. The van der Waals surface area contributed by atoms with Gasteiger partial charge in [-0.05, 0) is 36.4 Å². The molecule has 1 aliphatic heterocycles. The molecule has 2 N–H and O–H groups in total. The van der Waals surface area contributed by atoms with Gasteiger partial charge in [0.15, 0.2) is 0 Å². The summed E-state index contributed by atoms with van der Waals surface area (Å²) in [7, 11) is 0. The number of benzene rings is 2. The number of rotatable bonds is 4. The van der Waals surface area contributed by atoms with Crippen LogP contribution in [-0.2, 0) is 4.74 Å². The molecule has 2 aromatic heterocycles. The molecule has 0 amide bonds. The number of aromatic nitrogens is 4. The number of ether oxygens (including phenoxy) is 1. The van der Waals surface area contributed by atoms with Crippen LogP contribution in [-0.4, -0.2) is 51.6 Å². The smallest absolute Gasteiger partial charge is 0.264 e. The zero-order chi connectivity index (χ0) is 22.9. The van der Waals surface area contributed by atoms with Crippen LogP contribution in [0.5, 0.6) is 0 Å². The van der Waals surface area contributed by atoms with Crippen molar-refractivity contribution in [2.75, 3.05) is 31.2 Å². The number of aliphatic hydroxyl groups excluding tert-OH is 1. The van der Waals surface area contributed by atoms with Crippen LogP contribution in [0.2, 0.25) is 5.02 Å². The minimum Gasteiger partial charge on any atom is -0.382 e. The van der Waals surface area contributed by atoms with E-state index in [0.29, 0.717) is 29.8 Å². The number of anilines is 1. The molecular weight excluding hydrogens is 449 g/mol. The van der Waals surface area contributed by atoms with E-state index >= 15 is 4.39 Å². The van der Waals surface area contributed by atoms with Gasteiger partial charge in [0.2, 0.25) is 0 Å². The molecule has 0 saturated carbocycles. The van der Waals surface area contributed by atoms with Crippen molar-refractivity contribution >= 4 is 28.2 Å². The molecule has 168 valence electrons. The quantitative estimate of drug-likeness (QED) is 0.475. The maximum atomic E-state index is 15.0. The van der Waals surface area contributed by atoms with Gasteiger partial charge in [0.25, 0.3) is 5.56 Å². The van der Waals surface area contributed by atoms with Gasteiger partial charge in [-0.2, -0.15) is 5.10 Å². The number of nitrogens with zero attached hydrogens (tertiary/aromatic N) is 4. The Kier molecular flexibility index (Phi) is 5.76. The van der Waals surface area contributed by atoms with E-state index in [2.05, 4.69) is 25.1 Å².